The van der Waals surface area contributed by atoms with E-state index in [9.17, 15) is 18.3 Å². The summed E-state index contributed by atoms with van der Waals surface area (Å²) >= 11 is 0. The standard InChI is InChI=1S/C13H17NO4S/c1-9-2-3-11(12(15)8-9)13(16)14-10-4-6-19(17,18)7-5-10/h2-3,8,10,15H,4-7H2,1H3,(H,14,16). The summed E-state index contributed by atoms with van der Waals surface area (Å²) in [5.41, 5.74) is 1.09. The number of aromatic hydroxyl groups is 1. The van der Waals surface area contributed by atoms with Crippen molar-refractivity contribution < 1.29 is 18.3 Å². The first-order chi connectivity index (χ1) is 8.87. The average Bonchev–Trinajstić information content (AvgIpc) is 2.31. The molecule has 0 saturated carbocycles. The van der Waals surface area contributed by atoms with Crippen molar-refractivity contribution in [1.29, 1.82) is 0 Å². The molecule has 1 saturated heterocycles. The van der Waals surface area contributed by atoms with Crippen LogP contribution in [0.5, 0.6) is 5.75 Å². The normalized spacial score (nSPS) is 19.0. The Bertz CT molecular complexity index is 581. The minimum Gasteiger partial charge on any atom is -0.507 e. The van der Waals surface area contributed by atoms with Crippen LogP contribution in [0, 0.1) is 6.92 Å². The molecule has 0 unspecified atom stereocenters. The highest BCUT2D eigenvalue weighted by Crippen LogP contribution is 2.19. The fraction of sp³-hybridized carbons (Fsp3) is 0.462. The van der Waals surface area contributed by atoms with Gasteiger partial charge >= 0.3 is 0 Å². The third-order valence-electron chi connectivity index (χ3n) is 3.29. The van der Waals surface area contributed by atoms with E-state index in [-0.39, 0.29) is 34.8 Å². The largest absolute Gasteiger partial charge is 0.507 e. The van der Waals surface area contributed by atoms with Gasteiger partial charge in [-0.25, -0.2) is 8.42 Å². The molecule has 1 fully saturated rings. The maximum absolute atomic E-state index is 12.0. The van der Waals surface area contributed by atoms with Crippen LogP contribution in [0.3, 0.4) is 0 Å². The lowest BCUT2D eigenvalue weighted by molar-refractivity contribution is 0.0931. The van der Waals surface area contributed by atoms with Crippen molar-refractivity contribution in [2.45, 2.75) is 25.8 Å². The number of phenols is 1. The number of nitrogens with one attached hydrogen (secondary N) is 1. The van der Waals surface area contributed by atoms with E-state index >= 15 is 0 Å². The molecule has 0 radical (unpaired) electrons. The zero-order valence-electron chi connectivity index (χ0n) is 10.7. The minimum absolute atomic E-state index is 0.0547. The number of benzene rings is 1. The van der Waals surface area contributed by atoms with E-state index in [1.54, 1.807) is 12.1 Å². The van der Waals surface area contributed by atoms with Gasteiger partial charge in [-0.15, -0.1) is 0 Å². The van der Waals surface area contributed by atoms with Gasteiger partial charge in [0.1, 0.15) is 15.6 Å². The molecule has 0 spiro atoms. The average molecular weight is 283 g/mol. The molecule has 1 heterocycles. The first kappa shape index (κ1) is 13.9. The molecule has 1 aromatic carbocycles. The Kier molecular flexibility index (Phi) is 3.80. The molecule has 0 aliphatic carbocycles. The smallest absolute Gasteiger partial charge is 0.255 e. The summed E-state index contributed by atoms with van der Waals surface area (Å²) in [7, 11) is -2.93. The van der Waals surface area contributed by atoms with Crippen molar-refractivity contribution in [3.63, 3.8) is 0 Å². The Balaban J connectivity index is 2.02. The molecule has 5 nitrogen and oxygen atoms in total. The van der Waals surface area contributed by atoms with Crippen LogP contribution in [-0.4, -0.2) is 37.0 Å². The molecule has 104 valence electrons. The number of sulfone groups is 1. The van der Waals surface area contributed by atoms with Gasteiger partial charge in [-0.1, -0.05) is 6.07 Å². The van der Waals surface area contributed by atoms with Gasteiger partial charge in [0.05, 0.1) is 17.1 Å². The second-order valence-electron chi connectivity index (χ2n) is 4.92. The third kappa shape index (κ3) is 3.47. The fourth-order valence-electron chi connectivity index (χ4n) is 2.13. The lowest BCUT2D eigenvalue weighted by atomic mass is 10.1. The molecule has 0 aromatic heterocycles. The predicted molar refractivity (Wildman–Crippen MR) is 72.0 cm³/mol. The van der Waals surface area contributed by atoms with E-state index in [0.29, 0.717) is 12.8 Å². The van der Waals surface area contributed by atoms with E-state index < -0.39 is 9.84 Å². The van der Waals surface area contributed by atoms with Crippen LogP contribution < -0.4 is 5.32 Å². The number of rotatable bonds is 2. The zero-order valence-corrected chi connectivity index (χ0v) is 11.5. The van der Waals surface area contributed by atoms with Gasteiger partial charge in [0.25, 0.3) is 5.91 Å². The molecule has 0 bridgehead atoms. The summed E-state index contributed by atoms with van der Waals surface area (Å²) in [4.78, 5) is 12.0. The maximum atomic E-state index is 12.0. The van der Waals surface area contributed by atoms with Gasteiger partial charge in [0.15, 0.2) is 0 Å². The Morgan fingerprint density at radius 3 is 2.53 bits per heavy atom. The Morgan fingerprint density at radius 2 is 1.95 bits per heavy atom. The van der Waals surface area contributed by atoms with E-state index in [1.165, 1.54) is 6.07 Å². The van der Waals surface area contributed by atoms with Crippen LogP contribution in [0.1, 0.15) is 28.8 Å². The molecule has 1 amide bonds. The first-order valence-corrected chi connectivity index (χ1v) is 8.00. The SMILES string of the molecule is Cc1ccc(C(=O)NC2CCS(=O)(=O)CC2)c(O)c1. The number of carbonyl (C=O) groups excluding carboxylic acids is 1. The zero-order chi connectivity index (χ0) is 14.0. The highest BCUT2D eigenvalue weighted by atomic mass is 32.2. The Morgan fingerprint density at radius 1 is 1.32 bits per heavy atom. The summed E-state index contributed by atoms with van der Waals surface area (Å²) in [6.07, 6.45) is 0.862. The van der Waals surface area contributed by atoms with Crippen LogP contribution >= 0.6 is 0 Å². The first-order valence-electron chi connectivity index (χ1n) is 6.18. The van der Waals surface area contributed by atoms with Crippen molar-refractivity contribution in [2.24, 2.45) is 0 Å². The van der Waals surface area contributed by atoms with Gasteiger partial charge < -0.3 is 10.4 Å². The van der Waals surface area contributed by atoms with Crippen LogP contribution in [0.25, 0.3) is 0 Å². The molecule has 1 aliphatic heterocycles. The molecule has 1 aromatic rings. The van der Waals surface area contributed by atoms with Crippen molar-refractivity contribution in [3.05, 3.63) is 29.3 Å². The second kappa shape index (κ2) is 5.21. The maximum Gasteiger partial charge on any atom is 0.255 e. The minimum atomic E-state index is -2.93. The monoisotopic (exact) mass is 283 g/mol. The van der Waals surface area contributed by atoms with Crippen LogP contribution in [0.4, 0.5) is 0 Å². The van der Waals surface area contributed by atoms with E-state index in [0.717, 1.165) is 5.56 Å². The van der Waals surface area contributed by atoms with Gasteiger partial charge in [-0.2, -0.15) is 0 Å². The summed E-state index contributed by atoms with van der Waals surface area (Å²) in [5, 5.41) is 12.5. The molecule has 0 atom stereocenters. The topological polar surface area (TPSA) is 83.5 Å². The van der Waals surface area contributed by atoms with Gasteiger partial charge in [0, 0.05) is 6.04 Å². The number of hydrogen-bond acceptors (Lipinski definition) is 4. The number of phenolic OH excluding ortho intramolecular Hbond substituents is 1. The quantitative estimate of drug-likeness (QED) is 0.848. The number of aryl methyl sites for hydroxylation is 1. The number of carbonyl (C=O) groups is 1. The Labute approximate surface area is 112 Å². The summed E-state index contributed by atoms with van der Waals surface area (Å²) in [5.74, 6) is -0.196. The number of hydrogen-bond donors (Lipinski definition) is 2. The number of amides is 1. The second-order valence-corrected chi connectivity index (χ2v) is 7.22. The van der Waals surface area contributed by atoms with E-state index in [2.05, 4.69) is 5.32 Å². The molecule has 19 heavy (non-hydrogen) atoms. The summed E-state index contributed by atoms with van der Waals surface area (Å²) < 4.78 is 22.6. The van der Waals surface area contributed by atoms with Gasteiger partial charge in [-0.05, 0) is 37.5 Å². The van der Waals surface area contributed by atoms with Crippen molar-refractivity contribution in [3.8, 4) is 5.75 Å². The van der Waals surface area contributed by atoms with E-state index in [4.69, 9.17) is 0 Å². The lowest BCUT2D eigenvalue weighted by Gasteiger charge is -2.23. The Hall–Kier alpha value is -1.56. The highest BCUT2D eigenvalue weighted by Gasteiger charge is 2.25. The summed E-state index contributed by atoms with van der Waals surface area (Å²) in [6, 6.07) is 4.71. The fourth-order valence-corrected chi connectivity index (χ4v) is 3.62. The van der Waals surface area contributed by atoms with Gasteiger partial charge in [-0.3, -0.25) is 4.79 Å². The molecular weight excluding hydrogens is 266 g/mol. The molecule has 1 aliphatic rings. The lowest BCUT2D eigenvalue weighted by Crippen LogP contribution is -2.40. The molecule has 6 heteroatoms. The van der Waals surface area contributed by atoms with Crippen LogP contribution in [0.15, 0.2) is 18.2 Å². The summed E-state index contributed by atoms with van der Waals surface area (Å²) in [6.45, 7) is 1.83. The van der Waals surface area contributed by atoms with Gasteiger partial charge in [0.2, 0.25) is 0 Å². The molecular formula is C13H17NO4S. The van der Waals surface area contributed by atoms with E-state index in [1.807, 2.05) is 6.92 Å². The van der Waals surface area contributed by atoms with Crippen LogP contribution in [-0.2, 0) is 9.84 Å². The van der Waals surface area contributed by atoms with Crippen molar-refractivity contribution >= 4 is 15.7 Å². The predicted octanol–water partition coefficient (Wildman–Crippen LogP) is 1.01. The third-order valence-corrected chi connectivity index (χ3v) is 5.00. The molecule has 2 N–H and O–H groups in total. The van der Waals surface area contributed by atoms with Crippen molar-refractivity contribution in [2.75, 3.05) is 11.5 Å². The molecule has 2 rings (SSSR count). The van der Waals surface area contributed by atoms with Crippen LogP contribution in [0.2, 0.25) is 0 Å². The van der Waals surface area contributed by atoms with Crippen molar-refractivity contribution in [1.82, 2.24) is 5.32 Å². The highest BCUT2D eigenvalue weighted by molar-refractivity contribution is 7.91.